The van der Waals surface area contributed by atoms with Gasteiger partial charge in [-0.2, -0.15) is 0 Å². The van der Waals surface area contributed by atoms with Crippen LogP contribution in [0, 0.1) is 0 Å². The number of benzene rings is 1. The van der Waals surface area contributed by atoms with Crippen molar-refractivity contribution in [1.82, 2.24) is 0 Å². The highest BCUT2D eigenvalue weighted by Crippen LogP contribution is 2.16. The molecule has 1 aromatic rings. The van der Waals surface area contributed by atoms with E-state index in [9.17, 15) is 0 Å². The maximum absolute atomic E-state index is 6.19. The van der Waals surface area contributed by atoms with Crippen LogP contribution in [0.15, 0.2) is 30.3 Å². The molecule has 0 atom stereocenters. The van der Waals surface area contributed by atoms with Crippen LogP contribution >= 0.6 is 0 Å². The third-order valence-corrected chi connectivity index (χ3v) is 6.73. The van der Waals surface area contributed by atoms with E-state index in [2.05, 4.69) is 12.1 Å². The van der Waals surface area contributed by atoms with E-state index in [-0.39, 0.29) is 0 Å². The summed E-state index contributed by atoms with van der Waals surface area (Å²) in [5.74, 6) is 0. The summed E-state index contributed by atoms with van der Waals surface area (Å²) >= 11 is 0. The molecule has 0 saturated carbocycles. The molecule has 0 bridgehead atoms. The van der Waals surface area contributed by atoms with E-state index in [1.165, 1.54) is 0 Å². The van der Waals surface area contributed by atoms with Crippen molar-refractivity contribution in [3.63, 3.8) is 0 Å². The van der Waals surface area contributed by atoms with E-state index < -0.39 is 8.56 Å². The Morgan fingerprint density at radius 3 is 1.95 bits per heavy atom. The molecule has 0 aromatic heterocycles. The minimum Gasteiger partial charge on any atom is -0.389 e. The molecule has 5 nitrogen and oxygen atoms in total. The van der Waals surface area contributed by atoms with Gasteiger partial charge in [0, 0.05) is 14.2 Å². The van der Waals surface area contributed by atoms with Crippen molar-refractivity contribution in [2.24, 2.45) is 5.73 Å². The van der Waals surface area contributed by atoms with Crippen LogP contribution in [0.3, 0.4) is 0 Å². The second-order valence-electron chi connectivity index (χ2n) is 4.69. The zero-order valence-corrected chi connectivity index (χ0v) is 14.0. The number of hydrogen-bond donors (Lipinski definition) is 1. The topological polar surface area (TPSA) is 62.9 Å². The van der Waals surface area contributed by atoms with Crippen molar-refractivity contribution in [3.05, 3.63) is 30.3 Å². The first-order valence-corrected chi connectivity index (χ1v) is 9.33. The highest BCUT2D eigenvalue weighted by Gasteiger charge is 2.39. The Bertz CT molecular complexity index is 354. The summed E-state index contributed by atoms with van der Waals surface area (Å²) in [4.78, 5) is 0. The largest absolute Gasteiger partial charge is 0.389 e. The van der Waals surface area contributed by atoms with Gasteiger partial charge in [-0.1, -0.05) is 30.3 Å². The van der Waals surface area contributed by atoms with Crippen molar-refractivity contribution in [1.29, 1.82) is 0 Å². The van der Waals surface area contributed by atoms with E-state index in [1.807, 2.05) is 18.2 Å². The Labute approximate surface area is 128 Å². The van der Waals surface area contributed by atoms with Gasteiger partial charge in [-0.05, 0) is 24.2 Å². The van der Waals surface area contributed by atoms with E-state index in [1.54, 1.807) is 14.2 Å². The molecule has 0 saturated heterocycles. The maximum Gasteiger partial charge on any atom is 0.372 e. The molecule has 0 aliphatic carbocycles. The predicted molar refractivity (Wildman–Crippen MR) is 86.0 cm³/mol. The van der Waals surface area contributed by atoms with Crippen molar-refractivity contribution in [3.8, 4) is 0 Å². The van der Waals surface area contributed by atoms with E-state index in [0.717, 1.165) is 17.7 Å². The average Bonchev–Trinajstić information content (AvgIpc) is 2.53. The zero-order valence-electron chi connectivity index (χ0n) is 13.0. The van der Waals surface area contributed by atoms with Gasteiger partial charge in [0.15, 0.2) is 0 Å². The van der Waals surface area contributed by atoms with Crippen LogP contribution in [0.25, 0.3) is 0 Å². The smallest absolute Gasteiger partial charge is 0.372 e. The number of hydrogen-bond acceptors (Lipinski definition) is 5. The fourth-order valence-corrected chi connectivity index (χ4v) is 5.29. The molecule has 120 valence electrons. The Balaban J connectivity index is 2.89. The summed E-state index contributed by atoms with van der Waals surface area (Å²) in [5, 5.41) is 1.13. The molecule has 1 rings (SSSR count). The van der Waals surface area contributed by atoms with Gasteiger partial charge in [0.1, 0.15) is 0 Å². The van der Waals surface area contributed by atoms with Gasteiger partial charge < -0.3 is 24.1 Å². The molecule has 0 radical (unpaired) electrons. The minimum absolute atomic E-state index is 0.523. The minimum atomic E-state index is -2.51. The van der Waals surface area contributed by atoms with E-state index in [4.69, 9.17) is 24.1 Å². The molecule has 0 unspecified atom stereocenters. The molecule has 2 N–H and O–H groups in total. The van der Waals surface area contributed by atoms with Gasteiger partial charge in [-0.3, -0.25) is 0 Å². The SMILES string of the molecule is COCCO[Si](CCCN)(OCCOC)c1ccccc1. The first-order valence-electron chi connectivity index (χ1n) is 7.30. The van der Waals surface area contributed by atoms with Crippen molar-refractivity contribution in [2.75, 3.05) is 47.2 Å². The molecule has 0 fully saturated rings. The first-order chi connectivity index (χ1) is 10.3. The third-order valence-electron chi connectivity index (χ3n) is 3.17. The van der Waals surface area contributed by atoms with Gasteiger partial charge in [0.2, 0.25) is 0 Å². The van der Waals surface area contributed by atoms with E-state index in [0.29, 0.717) is 33.0 Å². The number of nitrogens with two attached hydrogens (primary N) is 1. The molecular formula is C15H27NO4Si. The second kappa shape index (κ2) is 10.9. The maximum atomic E-state index is 6.19. The van der Waals surface area contributed by atoms with Crippen molar-refractivity contribution >= 4 is 13.7 Å². The van der Waals surface area contributed by atoms with Gasteiger partial charge in [-0.25, -0.2) is 0 Å². The molecule has 0 aliphatic rings. The lowest BCUT2D eigenvalue weighted by atomic mass is 10.4. The Morgan fingerprint density at radius 2 is 1.48 bits per heavy atom. The van der Waals surface area contributed by atoms with Crippen LogP contribution in [0.4, 0.5) is 0 Å². The summed E-state index contributed by atoms with van der Waals surface area (Å²) in [5.41, 5.74) is 5.69. The molecule has 0 aliphatic heterocycles. The molecule has 6 heteroatoms. The second-order valence-corrected chi connectivity index (χ2v) is 7.85. The molecular weight excluding hydrogens is 286 g/mol. The quantitative estimate of drug-likeness (QED) is 0.461. The van der Waals surface area contributed by atoms with Gasteiger partial charge >= 0.3 is 8.56 Å². The van der Waals surface area contributed by atoms with Crippen LogP contribution in [0.2, 0.25) is 6.04 Å². The monoisotopic (exact) mass is 313 g/mol. The molecule has 0 spiro atoms. The zero-order chi connectivity index (χ0) is 15.4. The Kier molecular flexibility index (Phi) is 9.48. The first kappa shape index (κ1) is 18.3. The normalized spacial score (nSPS) is 11.8. The number of methoxy groups -OCH3 is 2. The summed E-state index contributed by atoms with van der Waals surface area (Å²) < 4.78 is 22.6. The van der Waals surface area contributed by atoms with Crippen molar-refractivity contribution < 1.29 is 18.3 Å². The average molecular weight is 313 g/mol. The fourth-order valence-electron chi connectivity index (χ4n) is 2.10. The third kappa shape index (κ3) is 6.25. The Hall–Kier alpha value is -0.763. The molecule has 21 heavy (non-hydrogen) atoms. The molecule has 0 heterocycles. The highest BCUT2D eigenvalue weighted by molar-refractivity contribution is 6.81. The van der Waals surface area contributed by atoms with Gasteiger partial charge in [-0.15, -0.1) is 0 Å². The van der Waals surface area contributed by atoms with Crippen LogP contribution in [0.5, 0.6) is 0 Å². The lowest BCUT2D eigenvalue weighted by Crippen LogP contribution is -2.55. The standard InChI is InChI=1S/C15H27NO4Si/c1-17-10-12-19-21(14-6-9-16,20-13-11-18-2)15-7-4-3-5-8-15/h3-5,7-8H,6,9-14,16H2,1-2H3. The lowest BCUT2D eigenvalue weighted by molar-refractivity contribution is 0.0914. The van der Waals surface area contributed by atoms with Crippen LogP contribution in [0.1, 0.15) is 6.42 Å². The molecule has 1 aromatic carbocycles. The summed E-state index contributed by atoms with van der Waals surface area (Å²) in [6.07, 6.45) is 0.876. The lowest BCUT2D eigenvalue weighted by Gasteiger charge is -2.31. The number of rotatable bonds is 12. The highest BCUT2D eigenvalue weighted by atomic mass is 28.4. The fraction of sp³-hybridized carbons (Fsp3) is 0.600. The summed E-state index contributed by atoms with van der Waals surface area (Å²) in [7, 11) is 0.828. The van der Waals surface area contributed by atoms with E-state index >= 15 is 0 Å². The number of ether oxygens (including phenoxy) is 2. The van der Waals surface area contributed by atoms with Gasteiger partial charge in [0.25, 0.3) is 0 Å². The van der Waals surface area contributed by atoms with Crippen molar-refractivity contribution in [2.45, 2.75) is 12.5 Å². The predicted octanol–water partition coefficient (Wildman–Crippen LogP) is 1.01. The van der Waals surface area contributed by atoms with Crippen LogP contribution < -0.4 is 10.9 Å². The van der Waals surface area contributed by atoms with Crippen LogP contribution in [-0.2, 0) is 18.3 Å². The summed E-state index contributed by atoms with van der Waals surface area (Å²) in [6.45, 7) is 2.78. The Morgan fingerprint density at radius 1 is 0.905 bits per heavy atom. The van der Waals surface area contributed by atoms with Gasteiger partial charge in [0.05, 0.1) is 26.4 Å². The van der Waals surface area contributed by atoms with Crippen LogP contribution in [-0.4, -0.2) is 55.8 Å². The molecule has 0 amide bonds. The summed E-state index contributed by atoms with van der Waals surface area (Å²) in [6, 6.07) is 11.0.